The van der Waals surface area contributed by atoms with E-state index in [9.17, 15) is 0 Å². The number of benzene rings is 2. The summed E-state index contributed by atoms with van der Waals surface area (Å²) in [5, 5.41) is 3.43. The third kappa shape index (κ3) is 2.38. The van der Waals surface area contributed by atoms with Crippen molar-refractivity contribution in [3.8, 4) is 11.1 Å². The maximum absolute atomic E-state index is 7.09. The zero-order valence-corrected chi connectivity index (χ0v) is 10.5. The lowest BCUT2D eigenvalue weighted by molar-refractivity contribution is 1.14. The van der Waals surface area contributed by atoms with E-state index in [0.717, 1.165) is 23.1 Å². The van der Waals surface area contributed by atoms with E-state index < -0.39 is 0 Å². The van der Waals surface area contributed by atoms with Crippen molar-refractivity contribution < 1.29 is 0 Å². The van der Waals surface area contributed by atoms with Gasteiger partial charge >= 0.3 is 0 Å². The predicted octanol–water partition coefficient (Wildman–Crippen LogP) is 4.92. The van der Waals surface area contributed by atoms with Crippen molar-refractivity contribution in [1.82, 2.24) is 0 Å². The van der Waals surface area contributed by atoms with E-state index in [4.69, 9.17) is 5.53 Å². The zero-order chi connectivity index (χ0) is 13.0. The van der Waals surface area contributed by atoms with Crippen LogP contribution in [0.4, 0.5) is 0 Å². The monoisotopic (exact) mass is 236 g/mol. The Morgan fingerprint density at radius 2 is 1.78 bits per heavy atom. The minimum Gasteiger partial charge on any atom is -0.204 e. The molecule has 0 heterocycles. The van der Waals surface area contributed by atoms with Gasteiger partial charge in [0.15, 0.2) is 0 Å². The van der Waals surface area contributed by atoms with Crippen LogP contribution in [0, 0.1) is 5.53 Å². The minimum atomic E-state index is 0.491. The smallest absolute Gasteiger partial charge is 0.0856 e. The van der Waals surface area contributed by atoms with E-state index in [1.165, 1.54) is 5.56 Å². The van der Waals surface area contributed by atoms with Crippen molar-refractivity contribution in [3.63, 3.8) is 0 Å². The number of hydrogen-bond acceptors (Lipinski definition) is 2. The van der Waals surface area contributed by atoms with Gasteiger partial charge in [-0.3, -0.25) is 0 Å². The van der Waals surface area contributed by atoms with Gasteiger partial charge in [-0.05, 0) is 23.1 Å². The van der Waals surface area contributed by atoms with Gasteiger partial charge < -0.3 is 0 Å². The van der Waals surface area contributed by atoms with Gasteiger partial charge in [0.2, 0.25) is 0 Å². The molecular weight excluding hydrogens is 220 g/mol. The summed E-state index contributed by atoms with van der Waals surface area (Å²) in [6.07, 6.45) is 1.04. The largest absolute Gasteiger partial charge is 0.204 e. The Labute approximate surface area is 107 Å². The fourth-order valence-electron chi connectivity index (χ4n) is 1.97. The van der Waals surface area contributed by atoms with Gasteiger partial charge in [0, 0.05) is 5.56 Å². The molecule has 0 aliphatic heterocycles. The highest BCUT2D eigenvalue weighted by atomic mass is 15.0. The summed E-state index contributed by atoms with van der Waals surface area (Å²) < 4.78 is 0. The maximum Gasteiger partial charge on any atom is 0.0856 e. The molecule has 2 aromatic rings. The second-order valence-electron chi connectivity index (χ2n) is 4.15. The summed E-state index contributed by atoms with van der Waals surface area (Å²) in [4.78, 5) is 0. The standard InChI is InChI=1S/C16H16N2/c1-3-13-8-10-14(11-9-13)16-7-5-4-6-15(16)12(2)18-17/h4-11,17H,2-3H2,1H3. The Kier molecular flexibility index (Phi) is 3.68. The quantitative estimate of drug-likeness (QED) is 0.732. The average Bonchev–Trinajstić information content (AvgIpc) is 2.46. The highest BCUT2D eigenvalue weighted by molar-refractivity contribution is 5.79. The van der Waals surface area contributed by atoms with Crippen LogP contribution in [-0.2, 0) is 6.42 Å². The van der Waals surface area contributed by atoms with E-state index >= 15 is 0 Å². The number of hydrogen-bond donors (Lipinski definition) is 1. The van der Waals surface area contributed by atoms with Crippen LogP contribution in [-0.4, -0.2) is 0 Å². The Morgan fingerprint density at radius 1 is 1.11 bits per heavy atom. The molecule has 2 nitrogen and oxygen atoms in total. The van der Waals surface area contributed by atoms with Gasteiger partial charge in [0.25, 0.3) is 0 Å². The van der Waals surface area contributed by atoms with Gasteiger partial charge in [-0.15, -0.1) is 0 Å². The van der Waals surface area contributed by atoms with Crippen molar-refractivity contribution in [2.45, 2.75) is 13.3 Å². The first kappa shape index (κ1) is 12.2. The highest BCUT2D eigenvalue weighted by Crippen LogP contribution is 2.28. The van der Waals surface area contributed by atoms with Crippen molar-refractivity contribution in [2.75, 3.05) is 0 Å². The lowest BCUT2D eigenvalue weighted by Gasteiger charge is -2.09. The molecule has 0 aliphatic carbocycles. The molecule has 90 valence electrons. The normalized spacial score (nSPS) is 10.1. The fraction of sp³-hybridized carbons (Fsp3) is 0.125. The van der Waals surface area contributed by atoms with Crippen molar-refractivity contribution in [3.05, 3.63) is 66.2 Å². The van der Waals surface area contributed by atoms with Crippen molar-refractivity contribution >= 4 is 5.70 Å². The lowest BCUT2D eigenvalue weighted by atomic mass is 9.97. The summed E-state index contributed by atoms with van der Waals surface area (Å²) >= 11 is 0. The first-order chi connectivity index (χ1) is 8.76. The molecule has 0 atom stereocenters. The van der Waals surface area contributed by atoms with Crippen LogP contribution in [0.5, 0.6) is 0 Å². The second kappa shape index (κ2) is 5.41. The molecule has 2 heteroatoms. The fourth-order valence-corrected chi connectivity index (χ4v) is 1.97. The summed E-state index contributed by atoms with van der Waals surface area (Å²) in [7, 11) is 0. The number of aryl methyl sites for hydroxylation is 1. The summed E-state index contributed by atoms with van der Waals surface area (Å²) in [6.45, 7) is 5.95. The predicted molar refractivity (Wildman–Crippen MR) is 75.4 cm³/mol. The minimum absolute atomic E-state index is 0.491. The lowest BCUT2D eigenvalue weighted by Crippen LogP contribution is -1.87. The number of rotatable bonds is 4. The molecule has 0 amide bonds. The van der Waals surface area contributed by atoms with Gasteiger partial charge in [-0.25, -0.2) is 5.53 Å². The molecule has 18 heavy (non-hydrogen) atoms. The van der Waals surface area contributed by atoms with Gasteiger partial charge in [0.1, 0.15) is 0 Å². The summed E-state index contributed by atoms with van der Waals surface area (Å²) in [5.74, 6) is 0. The Hall–Kier alpha value is -2.22. The van der Waals surface area contributed by atoms with Gasteiger partial charge in [-0.2, -0.15) is 5.11 Å². The summed E-state index contributed by atoms with van der Waals surface area (Å²) in [5.41, 5.74) is 12.0. The zero-order valence-electron chi connectivity index (χ0n) is 10.5. The van der Waals surface area contributed by atoms with Crippen molar-refractivity contribution in [1.29, 1.82) is 5.53 Å². The van der Waals surface area contributed by atoms with E-state index in [-0.39, 0.29) is 0 Å². The average molecular weight is 236 g/mol. The second-order valence-corrected chi connectivity index (χ2v) is 4.15. The molecule has 0 saturated carbocycles. The number of nitrogens with one attached hydrogen (secondary N) is 1. The van der Waals surface area contributed by atoms with E-state index in [2.05, 4.69) is 42.9 Å². The highest BCUT2D eigenvalue weighted by Gasteiger charge is 2.06. The van der Waals surface area contributed by atoms with Gasteiger partial charge in [-0.1, -0.05) is 62.0 Å². The molecule has 0 radical (unpaired) electrons. The number of nitrogens with zero attached hydrogens (tertiary/aromatic N) is 1. The first-order valence-corrected chi connectivity index (χ1v) is 6.01. The molecule has 2 aromatic carbocycles. The Balaban J connectivity index is 2.49. The van der Waals surface area contributed by atoms with Crippen LogP contribution in [0.2, 0.25) is 0 Å². The Bertz CT molecular complexity index is 568. The molecular formula is C16H16N2. The first-order valence-electron chi connectivity index (χ1n) is 6.01. The molecule has 1 N–H and O–H groups in total. The maximum atomic E-state index is 7.09. The van der Waals surface area contributed by atoms with Crippen LogP contribution >= 0.6 is 0 Å². The third-order valence-corrected chi connectivity index (χ3v) is 3.05. The van der Waals surface area contributed by atoms with Crippen LogP contribution in [0.25, 0.3) is 16.8 Å². The van der Waals surface area contributed by atoms with Crippen LogP contribution in [0.3, 0.4) is 0 Å². The molecule has 0 aliphatic rings. The topological polar surface area (TPSA) is 36.2 Å². The summed E-state index contributed by atoms with van der Waals surface area (Å²) in [6, 6.07) is 16.4. The molecule has 0 saturated heterocycles. The SMILES string of the molecule is C=C(N=N)c1ccccc1-c1ccc(CC)cc1. The molecule has 0 fully saturated rings. The van der Waals surface area contributed by atoms with Crippen LogP contribution in [0.15, 0.2) is 60.2 Å². The van der Waals surface area contributed by atoms with E-state index in [0.29, 0.717) is 5.70 Å². The molecule has 0 unspecified atom stereocenters. The van der Waals surface area contributed by atoms with Crippen molar-refractivity contribution in [2.24, 2.45) is 5.11 Å². The van der Waals surface area contributed by atoms with E-state index in [1.807, 2.05) is 24.3 Å². The van der Waals surface area contributed by atoms with Crippen LogP contribution < -0.4 is 0 Å². The Morgan fingerprint density at radius 3 is 2.39 bits per heavy atom. The molecule has 2 rings (SSSR count). The van der Waals surface area contributed by atoms with E-state index in [1.54, 1.807) is 0 Å². The molecule has 0 aromatic heterocycles. The molecule has 0 spiro atoms. The van der Waals surface area contributed by atoms with Gasteiger partial charge in [0.05, 0.1) is 5.70 Å². The third-order valence-electron chi connectivity index (χ3n) is 3.05. The van der Waals surface area contributed by atoms with Crippen LogP contribution in [0.1, 0.15) is 18.1 Å². The molecule has 0 bridgehead atoms.